The number of esters is 1. The highest BCUT2D eigenvalue weighted by atomic mass is 32.2. The van der Waals surface area contributed by atoms with E-state index in [1.807, 2.05) is 27.0 Å². The molecule has 0 amide bonds. The molecule has 0 unspecified atom stereocenters. The van der Waals surface area contributed by atoms with Crippen LogP contribution in [0.2, 0.25) is 0 Å². The fourth-order valence-electron chi connectivity index (χ4n) is 1.39. The molecule has 0 atom stereocenters. The minimum atomic E-state index is -0.356. The summed E-state index contributed by atoms with van der Waals surface area (Å²) in [6.07, 6.45) is 3.46. The molecule has 0 N–H and O–H groups in total. The zero-order valence-electron chi connectivity index (χ0n) is 10.9. The summed E-state index contributed by atoms with van der Waals surface area (Å²) in [6, 6.07) is 0. The van der Waals surface area contributed by atoms with Crippen molar-refractivity contribution in [3.05, 3.63) is 17.5 Å². The second kappa shape index (κ2) is 5.49. The number of hydrogen-bond acceptors (Lipinski definition) is 5. The quantitative estimate of drug-likeness (QED) is 0.471. The van der Waals surface area contributed by atoms with Crippen molar-refractivity contribution in [3.8, 4) is 0 Å². The number of thioether (sulfide) groups is 1. The number of ether oxygens (including phenoxy) is 1. The second-order valence-electron chi connectivity index (χ2n) is 4.59. The van der Waals surface area contributed by atoms with Crippen LogP contribution in [0.4, 0.5) is 0 Å². The number of carbonyl (C=O) groups excluding carboxylic acids is 1. The fourth-order valence-corrected chi connectivity index (χ4v) is 1.73. The van der Waals surface area contributed by atoms with Crippen molar-refractivity contribution in [2.75, 3.05) is 12.9 Å². The van der Waals surface area contributed by atoms with Crippen LogP contribution in [-0.4, -0.2) is 28.8 Å². The molecule has 0 fully saturated rings. The molecule has 5 heteroatoms. The average Bonchev–Trinajstić information content (AvgIpc) is 2.27. The van der Waals surface area contributed by atoms with Crippen LogP contribution in [0.15, 0.2) is 11.4 Å². The smallest absolute Gasteiger partial charge is 0.341 e. The van der Waals surface area contributed by atoms with Crippen LogP contribution in [0.3, 0.4) is 0 Å². The summed E-state index contributed by atoms with van der Waals surface area (Å²) in [5.74, 6) is -0.356. The van der Waals surface area contributed by atoms with Crippen LogP contribution < -0.4 is 0 Å². The van der Waals surface area contributed by atoms with Gasteiger partial charge in [0.25, 0.3) is 0 Å². The first-order valence-electron chi connectivity index (χ1n) is 5.48. The van der Waals surface area contributed by atoms with Crippen LogP contribution in [0.5, 0.6) is 0 Å². The van der Waals surface area contributed by atoms with E-state index in [9.17, 15) is 4.79 Å². The molecular weight excluding hydrogens is 236 g/mol. The Hall–Kier alpha value is -1.10. The van der Waals surface area contributed by atoms with Crippen molar-refractivity contribution in [1.29, 1.82) is 0 Å². The molecule has 0 bridgehead atoms. The molecule has 0 aromatic carbocycles. The third-order valence-electron chi connectivity index (χ3n) is 2.15. The Morgan fingerprint density at radius 2 is 2.12 bits per heavy atom. The van der Waals surface area contributed by atoms with Crippen LogP contribution in [0.25, 0.3) is 0 Å². The van der Waals surface area contributed by atoms with E-state index in [2.05, 4.69) is 9.97 Å². The van der Waals surface area contributed by atoms with Gasteiger partial charge in [-0.2, -0.15) is 0 Å². The predicted molar refractivity (Wildman–Crippen MR) is 68.5 cm³/mol. The van der Waals surface area contributed by atoms with E-state index in [4.69, 9.17) is 4.74 Å². The largest absolute Gasteiger partial charge is 0.462 e. The molecule has 0 aliphatic carbocycles. The van der Waals surface area contributed by atoms with E-state index in [0.717, 1.165) is 5.69 Å². The number of nitrogens with zero attached hydrogens (tertiary/aromatic N) is 2. The molecule has 1 heterocycles. The number of aromatic nitrogens is 2. The van der Waals surface area contributed by atoms with E-state index in [1.54, 1.807) is 13.1 Å². The van der Waals surface area contributed by atoms with Gasteiger partial charge in [0.2, 0.25) is 0 Å². The maximum atomic E-state index is 11.8. The maximum absolute atomic E-state index is 11.8. The number of carbonyl (C=O) groups is 1. The summed E-state index contributed by atoms with van der Waals surface area (Å²) in [7, 11) is 0. The summed E-state index contributed by atoms with van der Waals surface area (Å²) < 4.78 is 5.01. The lowest BCUT2D eigenvalue weighted by molar-refractivity contribution is 0.0522. The van der Waals surface area contributed by atoms with Gasteiger partial charge >= 0.3 is 5.97 Å². The third-order valence-corrected chi connectivity index (χ3v) is 2.72. The Labute approximate surface area is 106 Å². The zero-order valence-corrected chi connectivity index (χ0v) is 11.7. The molecule has 4 nitrogen and oxygen atoms in total. The van der Waals surface area contributed by atoms with Gasteiger partial charge in [-0.05, 0) is 13.2 Å². The lowest BCUT2D eigenvalue weighted by atomic mass is 9.89. The van der Waals surface area contributed by atoms with Gasteiger partial charge < -0.3 is 4.74 Å². The van der Waals surface area contributed by atoms with E-state index in [0.29, 0.717) is 17.3 Å². The standard InChI is InChI=1S/C12H18N2O2S/c1-6-16-10(15)8-7-13-11(17-5)14-9(8)12(2,3)4/h7H,6H2,1-5H3. The normalized spacial score (nSPS) is 11.4. The van der Waals surface area contributed by atoms with Crippen LogP contribution in [0.1, 0.15) is 43.7 Å². The first-order valence-corrected chi connectivity index (χ1v) is 6.71. The number of rotatable bonds is 3. The van der Waals surface area contributed by atoms with Gasteiger partial charge in [0.15, 0.2) is 5.16 Å². The summed E-state index contributed by atoms with van der Waals surface area (Å²) in [6.45, 7) is 8.19. The van der Waals surface area contributed by atoms with Gasteiger partial charge in [-0.1, -0.05) is 32.5 Å². The van der Waals surface area contributed by atoms with Gasteiger partial charge in [0.1, 0.15) is 5.56 Å². The van der Waals surface area contributed by atoms with E-state index in [1.165, 1.54) is 11.8 Å². The van der Waals surface area contributed by atoms with E-state index < -0.39 is 0 Å². The summed E-state index contributed by atoms with van der Waals surface area (Å²) in [5, 5.41) is 0.669. The topological polar surface area (TPSA) is 52.1 Å². The van der Waals surface area contributed by atoms with E-state index in [-0.39, 0.29) is 11.4 Å². The highest BCUT2D eigenvalue weighted by molar-refractivity contribution is 7.98. The second-order valence-corrected chi connectivity index (χ2v) is 5.36. The molecule has 0 aliphatic rings. The molecule has 0 aliphatic heterocycles. The first kappa shape index (κ1) is 14.0. The van der Waals surface area contributed by atoms with Crippen molar-refractivity contribution in [3.63, 3.8) is 0 Å². The molecule has 0 spiro atoms. The Morgan fingerprint density at radius 1 is 1.47 bits per heavy atom. The van der Waals surface area contributed by atoms with Crippen molar-refractivity contribution < 1.29 is 9.53 Å². The molecule has 17 heavy (non-hydrogen) atoms. The average molecular weight is 254 g/mol. The summed E-state index contributed by atoms with van der Waals surface area (Å²) >= 11 is 1.46. The highest BCUT2D eigenvalue weighted by Gasteiger charge is 2.25. The van der Waals surface area contributed by atoms with Crippen molar-refractivity contribution in [2.45, 2.75) is 38.3 Å². The van der Waals surface area contributed by atoms with E-state index >= 15 is 0 Å². The monoisotopic (exact) mass is 254 g/mol. The van der Waals surface area contributed by atoms with Gasteiger partial charge in [-0.15, -0.1) is 0 Å². The Bertz CT molecular complexity index is 413. The van der Waals surface area contributed by atoms with Gasteiger partial charge in [0.05, 0.1) is 12.3 Å². The van der Waals surface area contributed by atoms with Crippen molar-refractivity contribution >= 4 is 17.7 Å². The van der Waals surface area contributed by atoms with Crippen LogP contribution in [0, 0.1) is 0 Å². The summed E-state index contributed by atoms with van der Waals surface area (Å²) in [4.78, 5) is 20.3. The van der Waals surface area contributed by atoms with Crippen LogP contribution in [-0.2, 0) is 10.2 Å². The van der Waals surface area contributed by atoms with Crippen LogP contribution >= 0.6 is 11.8 Å². The number of hydrogen-bond donors (Lipinski definition) is 0. The lowest BCUT2D eigenvalue weighted by Gasteiger charge is -2.20. The first-order chi connectivity index (χ1) is 7.90. The molecule has 1 aromatic rings. The molecule has 1 rings (SSSR count). The Kier molecular flexibility index (Phi) is 4.51. The maximum Gasteiger partial charge on any atom is 0.341 e. The SMILES string of the molecule is CCOC(=O)c1cnc(SC)nc1C(C)(C)C. The highest BCUT2D eigenvalue weighted by Crippen LogP contribution is 2.25. The van der Waals surface area contributed by atoms with Gasteiger partial charge in [0, 0.05) is 11.6 Å². The molecule has 0 saturated carbocycles. The molecular formula is C12H18N2O2S. The Morgan fingerprint density at radius 3 is 2.59 bits per heavy atom. The molecule has 94 valence electrons. The minimum Gasteiger partial charge on any atom is -0.462 e. The fraction of sp³-hybridized carbons (Fsp3) is 0.583. The van der Waals surface area contributed by atoms with Crippen molar-refractivity contribution in [2.24, 2.45) is 0 Å². The third kappa shape index (κ3) is 3.43. The summed E-state index contributed by atoms with van der Waals surface area (Å²) in [5.41, 5.74) is 0.975. The van der Waals surface area contributed by atoms with Gasteiger partial charge in [-0.25, -0.2) is 14.8 Å². The molecule has 0 radical (unpaired) electrons. The minimum absolute atomic E-state index is 0.213. The van der Waals surface area contributed by atoms with Gasteiger partial charge in [-0.3, -0.25) is 0 Å². The Balaban J connectivity index is 3.25. The zero-order chi connectivity index (χ0) is 13.1. The molecule has 1 aromatic heterocycles. The van der Waals surface area contributed by atoms with Crippen molar-refractivity contribution in [1.82, 2.24) is 9.97 Å². The molecule has 0 saturated heterocycles. The predicted octanol–water partition coefficient (Wildman–Crippen LogP) is 2.67. The lowest BCUT2D eigenvalue weighted by Crippen LogP contribution is -2.21.